The zero-order valence-electron chi connectivity index (χ0n) is 20.8. The minimum Gasteiger partial charge on any atom is -0.427 e. The van der Waals surface area contributed by atoms with Crippen molar-refractivity contribution in [3.05, 3.63) is 65.7 Å². The standard InChI is InChI=1S/C29H36N2O4/c1-21(32)35-26-10-6-9-24(17-26)28-15-16-31(19-22-11-12-22)20-29(28,34)14-13-25(18-28)30(2)27(33)23-7-4-3-5-8-23/h3-10,17,22,25,34H,11-16,18-20H2,1-2H3/t25-,28+,29+/m1/s1. The predicted molar refractivity (Wildman–Crippen MR) is 134 cm³/mol. The highest BCUT2D eigenvalue weighted by Crippen LogP contribution is 2.53. The van der Waals surface area contributed by atoms with Crippen LogP contribution in [0, 0.1) is 5.92 Å². The maximum atomic E-state index is 13.3. The van der Waals surface area contributed by atoms with Crippen molar-refractivity contribution in [1.29, 1.82) is 0 Å². The van der Waals surface area contributed by atoms with Gasteiger partial charge in [0, 0.05) is 44.1 Å². The second-order valence-electron chi connectivity index (χ2n) is 10.8. The van der Waals surface area contributed by atoms with E-state index in [1.54, 1.807) is 6.07 Å². The molecule has 3 aliphatic rings. The van der Waals surface area contributed by atoms with Crippen molar-refractivity contribution < 1.29 is 19.4 Å². The Morgan fingerprint density at radius 2 is 1.86 bits per heavy atom. The lowest BCUT2D eigenvalue weighted by atomic mass is 9.55. The van der Waals surface area contributed by atoms with Crippen LogP contribution >= 0.6 is 0 Å². The molecular formula is C29H36N2O4. The first-order chi connectivity index (χ1) is 16.8. The number of amides is 1. The Morgan fingerprint density at radius 3 is 2.57 bits per heavy atom. The molecule has 2 aromatic carbocycles. The number of hydrogen-bond acceptors (Lipinski definition) is 5. The molecule has 6 heteroatoms. The summed E-state index contributed by atoms with van der Waals surface area (Å²) in [6.45, 7) is 4.02. The molecule has 6 nitrogen and oxygen atoms in total. The largest absolute Gasteiger partial charge is 0.427 e. The van der Waals surface area contributed by atoms with Gasteiger partial charge in [0.25, 0.3) is 5.91 Å². The minimum atomic E-state index is -0.901. The molecular weight excluding hydrogens is 440 g/mol. The van der Waals surface area contributed by atoms with E-state index in [1.807, 2.05) is 54.4 Å². The number of fused-ring (bicyclic) bond motifs is 1. The second kappa shape index (κ2) is 9.40. The lowest BCUT2D eigenvalue weighted by Crippen LogP contribution is -2.67. The molecule has 2 saturated carbocycles. The molecule has 0 spiro atoms. The van der Waals surface area contributed by atoms with Crippen LogP contribution in [0.4, 0.5) is 0 Å². The zero-order chi connectivity index (χ0) is 24.6. The Hall–Kier alpha value is -2.70. The first-order valence-corrected chi connectivity index (χ1v) is 12.9. The van der Waals surface area contributed by atoms with Crippen LogP contribution in [0.25, 0.3) is 0 Å². The summed E-state index contributed by atoms with van der Waals surface area (Å²) >= 11 is 0. The Labute approximate surface area is 207 Å². The highest BCUT2D eigenvalue weighted by Gasteiger charge is 2.58. The van der Waals surface area contributed by atoms with E-state index < -0.39 is 11.0 Å². The summed E-state index contributed by atoms with van der Waals surface area (Å²) in [5.41, 5.74) is 0.260. The quantitative estimate of drug-likeness (QED) is 0.504. The smallest absolute Gasteiger partial charge is 0.308 e. The number of nitrogens with zero attached hydrogens (tertiary/aromatic N) is 2. The summed E-state index contributed by atoms with van der Waals surface area (Å²) in [5, 5.41) is 12.3. The van der Waals surface area contributed by atoms with Gasteiger partial charge in [-0.1, -0.05) is 30.3 Å². The van der Waals surface area contributed by atoms with Gasteiger partial charge in [-0.15, -0.1) is 0 Å². The molecule has 0 bridgehead atoms. The van der Waals surface area contributed by atoms with Gasteiger partial charge in [-0.05, 0) is 80.8 Å². The molecule has 0 unspecified atom stereocenters. The summed E-state index contributed by atoms with van der Waals surface area (Å²) in [6.07, 6.45) is 5.46. The van der Waals surface area contributed by atoms with Crippen molar-refractivity contribution in [2.75, 3.05) is 26.7 Å². The number of rotatable bonds is 6. The lowest BCUT2D eigenvalue weighted by Gasteiger charge is -2.59. The van der Waals surface area contributed by atoms with Gasteiger partial charge >= 0.3 is 5.97 Å². The average Bonchev–Trinajstić information content (AvgIpc) is 3.67. The fourth-order valence-corrected chi connectivity index (χ4v) is 6.36. The first kappa shape index (κ1) is 24.0. The molecule has 1 saturated heterocycles. The second-order valence-corrected chi connectivity index (χ2v) is 10.8. The van der Waals surface area contributed by atoms with E-state index in [9.17, 15) is 14.7 Å². The Bertz CT molecular complexity index is 1090. The molecule has 3 fully saturated rings. The maximum absolute atomic E-state index is 13.3. The van der Waals surface area contributed by atoms with Crippen molar-refractivity contribution in [2.45, 2.75) is 62.5 Å². The van der Waals surface area contributed by atoms with Gasteiger partial charge in [-0.25, -0.2) is 0 Å². The summed E-state index contributed by atoms with van der Waals surface area (Å²) in [4.78, 5) is 29.2. The van der Waals surface area contributed by atoms with Crippen LogP contribution in [0.15, 0.2) is 54.6 Å². The Balaban J connectivity index is 1.47. The number of hydrogen-bond donors (Lipinski definition) is 1. The molecule has 3 atom stereocenters. The van der Waals surface area contributed by atoms with Crippen LogP contribution in [0.2, 0.25) is 0 Å². The van der Waals surface area contributed by atoms with E-state index in [-0.39, 0.29) is 17.9 Å². The SMILES string of the molecule is CC(=O)Oc1cccc([C@@]23CCN(CC4CC4)C[C@@]2(O)CC[C@@H](N(C)C(=O)c2ccccc2)C3)c1. The van der Waals surface area contributed by atoms with Gasteiger partial charge in [-0.3, -0.25) is 9.59 Å². The third-order valence-electron chi connectivity index (χ3n) is 8.46. The molecule has 5 rings (SSSR count). The van der Waals surface area contributed by atoms with Crippen LogP contribution in [-0.4, -0.2) is 65.1 Å². The highest BCUT2D eigenvalue weighted by molar-refractivity contribution is 5.94. The Morgan fingerprint density at radius 1 is 1.09 bits per heavy atom. The monoisotopic (exact) mass is 476 g/mol. The third-order valence-corrected chi connectivity index (χ3v) is 8.46. The minimum absolute atomic E-state index is 0.00958. The molecule has 2 aliphatic carbocycles. The molecule has 1 aliphatic heterocycles. The number of carbonyl (C=O) groups excluding carboxylic acids is 2. The third kappa shape index (κ3) is 4.74. The number of aliphatic hydroxyl groups is 1. The van der Waals surface area contributed by atoms with Gasteiger partial charge in [0.15, 0.2) is 0 Å². The number of piperidine rings is 1. The van der Waals surface area contributed by atoms with E-state index >= 15 is 0 Å². The number of β-amino-alcohol motifs (C(OH)–C–C–N with tert-alkyl or cyclic N) is 1. The molecule has 35 heavy (non-hydrogen) atoms. The molecule has 1 amide bonds. The first-order valence-electron chi connectivity index (χ1n) is 12.9. The van der Waals surface area contributed by atoms with Gasteiger partial charge in [-0.2, -0.15) is 0 Å². The van der Waals surface area contributed by atoms with E-state index in [4.69, 9.17) is 4.74 Å². The number of ether oxygens (including phenoxy) is 1. The van der Waals surface area contributed by atoms with Crippen LogP contribution in [-0.2, 0) is 10.2 Å². The van der Waals surface area contributed by atoms with E-state index in [1.165, 1.54) is 19.8 Å². The zero-order valence-corrected chi connectivity index (χ0v) is 20.8. The van der Waals surface area contributed by atoms with Gasteiger partial charge in [0.1, 0.15) is 5.75 Å². The van der Waals surface area contributed by atoms with Crippen LogP contribution in [0.3, 0.4) is 0 Å². The van der Waals surface area contributed by atoms with E-state index in [0.717, 1.165) is 37.4 Å². The number of benzene rings is 2. The normalized spacial score (nSPS) is 28.7. The summed E-state index contributed by atoms with van der Waals surface area (Å²) in [5.74, 6) is 0.923. The number of carbonyl (C=O) groups is 2. The lowest BCUT2D eigenvalue weighted by molar-refractivity contribution is -0.133. The van der Waals surface area contributed by atoms with Crippen molar-refractivity contribution in [3.8, 4) is 5.75 Å². The van der Waals surface area contributed by atoms with Crippen LogP contribution in [0.1, 0.15) is 61.4 Å². The van der Waals surface area contributed by atoms with Gasteiger partial charge in [0.2, 0.25) is 0 Å². The molecule has 0 radical (unpaired) electrons. The molecule has 186 valence electrons. The summed E-state index contributed by atoms with van der Waals surface area (Å²) < 4.78 is 5.41. The fraction of sp³-hybridized carbons (Fsp3) is 0.517. The molecule has 1 heterocycles. The maximum Gasteiger partial charge on any atom is 0.308 e. The van der Waals surface area contributed by atoms with Gasteiger partial charge < -0.3 is 19.6 Å². The molecule has 0 aromatic heterocycles. The number of esters is 1. The van der Waals surface area contributed by atoms with Crippen molar-refractivity contribution >= 4 is 11.9 Å². The summed E-state index contributed by atoms with van der Waals surface area (Å²) in [6, 6.07) is 17.1. The van der Waals surface area contributed by atoms with Gasteiger partial charge in [0.05, 0.1) is 5.60 Å². The van der Waals surface area contributed by atoms with Crippen molar-refractivity contribution in [3.63, 3.8) is 0 Å². The van der Waals surface area contributed by atoms with Crippen LogP contribution < -0.4 is 4.74 Å². The van der Waals surface area contributed by atoms with E-state index in [2.05, 4.69) is 11.0 Å². The fourth-order valence-electron chi connectivity index (χ4n) is 6.36. The number of likely N-dealkylation sites (tertiary alicyclic amines) is 1. The average molecular weight is 477 g/mol. The predicted octanol–water partition coefficient (Wildman–Crippen LogP) is 4.02. The van der Waals surface area contributed by atoms with Crippen molar-refractivity contribution in [1.82, 2.24) is 9.80 Å². The summed E-state index contributed by atoms with van der Waals surface area (Å²) in [7, 11) is 1.88. The molecule has 2 aromatic rings. The highest BCUT2D eigenvalue weighted by atomic mass is 16.5. The van der Waals surface area contributed by atoms with E-state index in [0.29, 0.717) is 30.7 Å². The molecule has 1 N–H and O–H groups in total. The topological polar surface area (TPSA) is 70.1 Å². The van der Waals surface area contributed by atoms with Crippen molar-refractivity contribution in [2.24, 2.45) is 5.92 Å². The Kier molecular flexibility index (Phi) is 6.45. The van der Waals surface area contributed by atoms with Crippen LogP contribution in [0.5, 0.6) is 5.75 Å².